The van der Waals surface area contributed by atoms with Gasteiger partial charge in [0.15, 0.2) is 0 Å². The Hall–Kier alpha value is -1.94. The predicted molar refractivity (Wildman–Crippen MR) is 71.1 cm³/mol. The molecule has 2 aromatic rings. The first kappa shape index (κ1) is 11.2. The van der Waals surface area contributed by atoms with Crippen LogP contribution < -0.4 is 10.6 Å². The van der Waals surface area contributed by atoms with Crippen molar-refractivity contribution in [1.82, 2.24) is 9.97 Å². The molecule has 1 aliphatic heterocycles. The first-order valence-corrected chi connectivity index (χ1v) is 6.20. The van der Waals surface area contributed by atoms with Gasteiger partial charge in [0.25, 0.3) is 0 Å². The van der Waals surface area contributed by atoms with E-state index in [2.05, 4.69) is 39.1 Å². The molecule has 18 heavy (non-hydrogen) atoms. The molecule has 0 bridgehead atoms. The van der Waals surface area contributed by atoms with Crippen LogP contribution in [0.5, 0.6) is 0 Å². The van der Waals surface area contributed by atoms with Crippen molar-refractivity contribution < 1.29 is 0 Å². The Bertz CT molecular complexity index is 553. The molecule has 0 saturated carbocycles. The normalized spacial score (nSPS) is 14.4. The zero-order chi connectivity index (χ0) is 12.4. The highest BCUT2D eigenvalue weighted by molar-refractivity contribution is 5.39. The van der Waals surface area contributed by atoms with Crippen molar-refractivity contribution in [2.24, 2.45) is 5.73 Å². The monoisotopic (exact) mass is 240 g/mol. The van der Waals surface area contributed by atoms with Crippen LogP contribution in [0.1, 0.15) is 16.8 Å². The minimum absolute atomic E-state index is 0.458. The summed E-state index contributed by atoms with van der Waals surface area (Å²) in [5.41, 5.74) is 9.30. The summed E-state index contributed by atoms with van der Waals surface area (Å²) < 4.78 is 0. The first-order chi connectivity index (χ1) is 8.86. The molecule has 92 valence electrons. The van der Waals surface area contributed by atoms with E-state index in [0.29, 0.717) is 6.54 Å². The van der Waals surface area contributed by atoms with Gasteiger partial charge in [0.2, 0.25) is 5.95 Å². The molecule has 0 unspecified atom stereocenters. The van der Waals surface area contributed by atoms with Gasteiger partial charge in [-0.05, 0) is 23.6 Å². The third kappa shape index (κ3) is 2.07. The molecule has 1 aromatic carbocycles. The maximum atomic E-state index is 5.62. The molecule has 0 aliphatic carbocycles. The van der Waals surface area contributed by atoms with Gasteiger partial charge in [-0.3, -0.25) is 0 Å². The Balaban J connectivity index is 1.87. The van der Waals surface area contributed by atoms with Crippen molar-refractivity contribution in [1.29, 1.82) is 0 Å². The van der Waals surface area contributed by atoms with Crippen molar-refractivity contribution in [2.75, 3.05) is 11.4 Å². The van der Waals surface area contributed by atoms with Crippen LogP contribution >= 0.6 is 0 Å². The number of benzene rings is 1. The summed E-state index contributed by atoms with van der Waals surface area (Å²) in [5.74, 6) is 0.785. The molecular formula is C14H16N4. The molecule has 0 saturated heterocycles. The number of nitrogens with two attached hydrogens (primary N) is 1. The second kappa shape index (κ2) is 4.74. The molecule has 4 nitrogen and oxygen atoms in total. The molecule has 4 heteroatoms. The van der Waals surface area contributed by atoms with E-state index in [-0.39, 0.29) is 0 Å². The van der Waals surface area contributed by atoms with Gasteiger partial charge in [-0.15, -0.1) is 0 Å². The van der Waals surface area contributed by atoms with E-state index in [1.54, 1.807) is 6.20 Å². The second-order valence-electron chi connectivity index (χ2n) is 4.49. The quantitative estimate of drug-likeness (QED) is 0.864. The molecular weight excluding hydrogens is 224 g/mol. The predicted octanol–water partition coefficient (Wildman–Crippen LogP) is 1.50. The Kier molecular flexibility index (Phi) is 2.94. The number of rotatable bonds is 2. The standard InChI is InChI=1S/C14H16N4/c15-9-13-5-7-16-14(17-13)18-8-6-11-3-1-2-4-12(11)10-18/h1-5,7H,6,8-10,15H2. The number of hydrogen-bond donors (Lipinski definition) is 1. The summed E-state index contributed by atoms with van der Waals surface area (Å²) in [4.78, 5) is 11.0. The van der Waals surface area contributed by atoms with Crippen molar-refractivity contribution >= 4 is 5.95 Å². The SMILES string of the molecule is NCc1ccnc(N2CCc3ccccc3C2)n1. The minimum Gasteiger partial charge on any atom is -0.336 e. The molecule has 0 atom stereocenters. The third-order valence-corrected chi connectivity index (χ3v) is 3.32. The van der Waals surface area contributed by atoms with Gasteiger partial charge in [0.05, 0.1) is 5.69 Å². The smallest absolute Gasteiger partial charge is 0.225 e. The Morgan fingerprint density at radius 2 is 2.00 bits per heavy atom. The molecule has 0 spiro atoms. The molecule has 0 fully saturated rings. The Morgan fingerprint density at radius 1 is 1.17 bits per heavy atom. The zero-order valence-corrected chi connectivity index (χ0v) is 10.2. The van der Waals surface area contributed by atoms with Crippen LogP contribution in [0.2, 0.25) is 0 Å². The highest BCUT2D eigenvalue weighted by atomic mass is 15.2. The summed E-state index contributed by atoms with van der Waals surface area (Å²) in [6, 6.07) is 10.4. The molecule has 0 radical (unpaired) electrons. The van der Waals surface area contributed by atoms with Crippen LogP contribution in [0.15, 0.2) is 36.5 Å². The van der Waals surface area contributed by atoms with E-state index in [9.17, 15) is 0 Å². The van der Waals surface area contributed by atoms with E-state index >= 15 is 0 Å². The fourth-order valence-corrected chi connectivity index (χ4v) is 2.32. The van der Waals surface area contributed by atoms with Gasteiger partial charge in [-0.1, -0.05) is 24.3 Å². The van der Waals surface area contributed by atoms with Crippen molar-refractivity contribution in [3.05, 3.63) is 53.3 Å². The summed E-state index contributed by atoms with van der Waals surface area (Å²) in [5, 5.41) is 0. The highest BCUT2D eigenvalue weighted by Crippen LogP contribution is 2.21. The largest absolute Gasteiger partial charge is 0.336 e. The summed E-state index contributed by atoms with van der Waals surface area (Å²) >= 11 is 0. The maximum absolute atomic E-state index is 5.62. The van der Waals surface area contributed by atoms with Crippen molar-refractivity contribution in [2.45, 2.75) is 19.5 Å². The van der Waals surface area contributed by atoms with E-state index in [4.69, 9.17) is 5.73 Å². The number of nitrogens with zero attached hydrogens (tertiary/aromatic N) is 3. The Morgan fingerprint density at radius 3 is 2.83 bits per heavy atom. The molecule has 2 N–H and O–H groups in total. The molecule has 3 rings (SSSR count). The average molecular weight is 240 g/mol. The van der Waals surface area contributed by atoms with Gasteiger partial charge in [-0.2, -0.15) is 0 Å². The minimum atomic E-state index is 0.458. The van der Waals surface area contributed by atoms with Gasteiger partial charge >= 0.3 is 0 Å². The number of hydrogen-bond acceptors (Lipinski definition) is 4. The highest BCUT2D eigenvalue weighted by Gasteiger charge is 2.17. The molecule has 2 heterocycles. The summed E-state index contributed by atoms with van der Waals surface area (Å²) in [6.45, 7) is 2.30. The number of anilines is 1. The van der Waals surface area contributed by atoms with Crippen molar-refractivity contribution in [3.63, 3.8) is 0 Å². The third-order valence-electron chi connectivity index (χ3n) is 3.32. The van der Waals surface area contributed by atoms with E-state index in [0.717, 1.165) is 31.2 Å². The first-order valence-electron chi connectivity index (χ1n) is 6.20. The average Bonchev–Trinajstić information content (AvgIpc) is 2.47. The van der Waals surface area contributed by atoms with E-state index in [1.807, 2.05) is 6.07 Å². The van der Waals surface area contributed by atoms with Crippen LogP contribution in [0.4, 0.5) is 5.95 Å². The lowest BCUT2D eigenvalue weighted by Crippen LogP contribution is -2.31. The number of fused-ring (bicyclic) bond motifs is 1. The second-order valence-corrected chi connectivity index (χ2v) is 4.49. The fraction of sp³-hybridized carbons (Fsp3) is 0.286. The van der Waals surface area contributed by atoms with Crippen LogP contribution in [-0.2, 0) is 19.5 Å². The van der Waals surface area contributed by atoms with Crippen LogP contribution in [0.25, 0.3) is 0 Å². The topological polar surface area (TPSA) is 55.0 Å². The van der Waals surface area contributed by atoms with Gasteiger partial charge in [0, 0.05) is 25.8 Å². The number of aromatic nitrogens is 2. The van der Waals surface area contributed by atoms with Crippen LogP contribution in [-0.4, -0.2) is 16.5 Å². The molecule has 0 amide bonds. The Labute approximate surface area is 106 Å². The summed E-state index contributed by atoms with van der Waals surface area (Å²) in [7, 11) is 0. The van der Waals surface area contributed by atoms with Crippen LogP contribution in [0.3, 0.4) is 0 Å². The van der Waals surface area contributed by atoms with E-state index in [1.165, 1.54) is 11.1 Å². The van der Waals surface area contributed by atoms with Crippen molar-refractivity contribution in [3.8, 4) is 0 Å². The van der Waals surface area contributed by atoms with Gasteiger partial charge in [-0.25, -0.2) is 9.97 Å². The van der Waals surface area contributed by atoms with Gasteiger partial charge in [0.1, 0.15) is 0 Å². The maximum Gasteiger partial charge on any atom is 0.225 e. The summed E-state index contributed by atoms with van der Waals surface area (Å²) in [6.07, 6.45) is 2.83. The zero-order valence-electron chi connectivity index (χ0n) is 10.2. The van der Waals surface area contributed by atoms with E-state index < -0.39 is 0 Å². The van der Waals surface area contributed by atoms with Crippen LogP contribution in [0, 0.1) is 0 Å². The fourth-order valence-electron chi connectivity index (χ4n) is 2.32. The lowest BCUT2D eigenvalue weighted by molar-refractivity contribution is 0.703. The molecule has 1 aliphatic rings. The lowest BCUT2D eigenvalue weighted by atomic mass is 10.0. The lowest BCUT2D eigenvalue weighted by Gasteiger charge is -2.28. The molecule has 1 aromatic heterocycles. The van der Waals surface area contributed by atoms with Gasteiger partial charge < -0.3 is 10.6 Å².